The quantitative estimate of drug-likeness (QED) is 0.650. The minimum Gasteiger partial charge on any atom is -0.464 e. The zero-order chi connectivity index (χ0) is 18.6. The molecule has 0 N–H and O–H groups in total. The maximum atomic E-state index is 11.7. The van der Waals surface area contributed by atoms with Crippen molar-refractivity contribution in [2.24, 2.45) is 0 Å². The molecule has 0 unspecified atom stereocenters. The first-order chi connectivity index (χ1) is 13.2. The lowest BCUT2D eigenvalue weighted by atomic mass is 10.4. The SMILES string of the molecule is COC(=O)c1cn(-c2nc(N3CCOCC3)nc(N3CCOCC3)n2)cn1. The maximum absolute atomic E-state index is 11.7. The van der Waals surface area contributed by atoms with E-state index in [0.717, 1.165) is 0 Å². The molecule has 11 nitrogen and oxygen atoms in total. The topological polar surface area (TPSA) is 108 Å². The molecule has 0 amide bonds. The van der Waals surface area contributed by atoms with Crippen molar-refractivity contribution in [3.63, 3.8) is 0 Å². The van der Waals surface area contributed by atoms with Gasteiger partial charge < -0.3 is 24.0 Å². The van der Waals surface area contributed by atoms with Crippen LogP contribution in [0.1, 0.15) is 10.5 Å². The Morgan fingerprint density at radius 2 is 1.44 bits per heavy atom. The molecule has 4 rings (SSSR count). The summed E-state index contributed by atoms with van der Waals surface area (Å²) in [6, 6.07) is 0. The first-order valence-electron chi connectivity index (χ1n) is 8.79. The van der Waals surface area contributed by atoms with Crippen LogP contribution in [0.5, 0.6) is 0 Å². The van der Waals surface area contributed by atoms with Gasteiger partial charge in [-0.2, -0.15) is 15.0 Å². The number of methoxy groups -OCH3 is 1. The van der Waals surface area contributed by atoms with Gasteiger partial charge in [0.15, 0.2) is 5.69 Å². The van der Waals surface area contributed by atoms with Crippen LogP contribution in [-0.2, 0) is 14.2 Å². The van der Waals surface area contributed by atoms with Gasteiger partial charge in [0, 0.05) is 32.4 Å². The molecule has 0 aliphatic carbocycles. The monoisotopic (exact) mass is 375 g/mol. The highest BCUT2D eigenvalue weighted by Crippen LogP contribution is 2.18. The van der Waals surface area contributed by atoms with E-state index in [9.17, 15) is 4.79 Å². The Kier molecular flexibility index (Phi) is 5.12. The maximum Gasteiger partial charge on any atom is 0.358 e. The number of imidazole rings is 1. The molecule has 0 atom stereocenters. The molecule has 0 saturated carbocycles. The van der Waals surface area contributed by atoms with Gasteiger partial charge >= 0.3 is 5.97 Å². The summed E-state index contributed by atoms with van der Waals surface area (Å²) < 4.78 is 17.1. The molecule has 11 heteroatoms. The Morgan fingerprint density at radius 3 is 1.96 bits per heavy atom. The first kappa shape index (κ1) is 17.6. The Hall–Kier alpha value is -2.79. The Bertz CT molecular complexity index is 764. The second-order valence-electron chi connectivity index (χ2n) is 6.09. The lowest BCUT2D eigenvalue weighted by Gasteiger charge is -2.30. The van der Waals surface area contributed by atoms with E-state index >= 15 is 0 Å². The minimum absolute atomic E-state index is 0.193. The van der Waals surface area contributed by atoms with E-state index in [1.807, 2.05) is 0 Å². The van der Waals surface area contributed by atoms with E-state index in [-0.39, 0.29) is 5.69 Å². The Balaban J connectivity index is 1.70. The predicted molar refractivity (Wildman–Crippen MR) is 94.4 cm³/mol. The lowest BCUT2D eigenvalue weighted by Crippen LogP contribution is -2.40. The van der Waals surface area contributed by atoms with Crippen LogP contribution >= 0.6 is 0 Å². The molecule has 0 spiro atoms. The molecule has 2 aromatic heterocycles. The van der Waals surface area contributed by atoms with Gasteiger partial charge in [-0.15, -0.1) is 0 Å². The number of anilines is 2. The molecule has 4 heterocycles. The number of hydrogen-bond donors (Lipinski definition) is 0. The van der Waals surface area contributed by atoms with E-state index in [0.29, 0.717) is 70.5 Å². The number of rotatable bonds is 4. The van der Waals surface area contributed by atoms with Crippen LogP contribution in [0, 0.1) is 0 Å². The van der Waals surface area contributed by atoms with E-state index in [2.05, 4.69) is 29.7 Å². The standard InChI is InChI=1S/C16H21N7O4/c1-25-13(24)12-10-23(11-17-12)16-19-14(21-2-6-26-7-3-21)18-15(20-16)22-4-8-27-9-5-22/h10-11H,2-9H2,1H3. The van der Waals surface area contributed by atoms with Crippen molar-refractivity contribution >= 4 is 17.9 Å². The third-order valence-corrected chi connectivity index (χ3v) is 4.40. The highest BCUT2D eigenvalue weighted by Gasteiger charge is 2.21. The van der Waals surface area contributed by atoms with Gasteiger partial charge in [-0.25, -0.2) is 9.78 Å². The van der Waals surface area contributed by atoms with Crippen molar-refractivity contribution in [2.45, 2.75) is 0 Å². The first-order valence-corrected chi connectivity index (χ1v) is 8.79. The molecule has 2 aromatic rings. The van der Waals surface area contributed by atoms with Crippen molar-refractivity contribution in [3.8, 4) is 5.95 Å². The largest absolute Gasteiger partial charge is 0.464 e. The summed E-state index contributed by atoms with van der Waals surface area (Å²) in [7, 11) is 1.32. The second-order valence-corrected chi connectivity index (χ2v) is 6.09. The number of aromatic nitrogens is 5. The fourth-order valence-corrected chi connectivity index (χ4v) is 2.91. The highest BCUT2D eigenvalue weighted by atomic mass is 16.5. The number of carbonyl (C=O) groups excluding carboxylic acids is 1. The lowest BCUT2D eigenvalue weighted by molar-refractivity contribution is 0.0594. The van der Waals surface area contributed by atoms with Gasteiger partial charge in [0.2, 0.25) is 17.8 Å². The molecule has 0 bridgehead atoms. The number of morpholine rings is 2. The Labute approximate surface area is 155 Å². The van der Waals surface area contributed by atoms with Crippen LogP contribution in [0.3, 0.4) is 0 Å². The third-order valence-electron chi connectivity index (χ3n) is 4.40. The van der Waals surface area contributed by atoms with E-state index in [1.165, 1.54) is 13.4 Å². The molecular weight excluding hydrogens is 354 g/mol. The second kappa shape index (κ2) is 7.84. The molecule has 0 aromatic carbocycles. The van der Waals surface area contributed by atoms with Crippen LogP contribution in [0.4, 0.5) is 11.9 Å². The average Bonchev–Trinajstić information content (AvgIpc) is 3.24. The fraction of sp³-hybridized carbons (Fsp3) is 0.562. The summed E-state index contributed by atoms with van der Waals surface area (Å²) in [4.78, 5) is 33.7. The predicted octanol–water partition coefficient (Wildman–Crippen LogP) is -0.483. The highest BCUT2D eigenvalue weighted by molar-refractivity contribution is 5.86. The summed E-state index contributed by atoms with van der Waals surface area (Å²) in [6.07, 6.45) is 3.04. The van der Waals surface area contributed by atoms with Crippen LogP contribution in [-0.4, -0.2) is 90.2 Å². The van der Waals surface area contributed by atoms with Gasteiger partial charge in [0.1, 0.15) is 6.33 Å². The number of esters is 1. The van der Waals surface area contributed by atoms with Crippen molar-refractivity contribution in [1.82, 2.24) is 24.5 Å². The summed E-state index contributed by atoms with van der Waals surface area (Å²) >= 11 is 0. The van der Waals surface area contributed by atoms with E-state index in [4.69, 9.17) is 14.2 Å². The van der Waals surface area contributed by atoms with Crippen molar-refractivity contribution in [2.75, 3.05) is 69.5 Å². The van der Waals surface area contributed by atoms with Gasteiger partial charge in [0.25, 0.3) is 0 Å². The molecule has 2 fully saturated rings. The zero-order valence-electron chi connectivity index (χ0n) is 15.1. The van der Waals surface area contributed by atoms with Crippen molar-refractivity contribution in [3.05, 3.63) is 18.2 Å². The zero-order valence-corrected chi connectivity index (χ0v) is 15.1. The van der Waals surface area contributed by atoms with Crippen molar-refractivity contribution in [1.29, 1.82) is 0 Å². The molecular formula is C16H21N7O4. The summed E-state index contributed by atoms with van der Waals surface area (Å²) in [5, 5.41) is 0. The van der Waals surface area contributed by atoms with Crippen LogP contribution in [0.15, 0.2) is 12.5 Å². The molecule has 2 aliphatic heterocycles. The van der Waals surface area contributed by atoms with Crippen LogP contribution in [0.25, 0.3) is 5.95 Å². The number of hydrogen-bond acceptors (Lipinski definition) is 10. The van der Waals surface area contributed by atoms with Gasteiger partial charge in [-0.05, 0) is 0 Å². The molecule has 144 valence electrons. The minimum atomic E-state index is -0.510. The Morgan fingerprint density at radius 1 is 0.926 bits per heavy atom. The summed E-state index contributed by atoms with van der Waals surface area (Å²) in [5.41, 5.74) is 0.193. The van der Waals surface area contributed by atoms with Crippen molar-refractivity contribution < 1.29 is 19.0 Å². The van der Waals surface area contributed by atoms with Gasteiger partial charge in [-0.1, -0.05) is 0 Å². The normalized spacial score (nSPS) is 17.8. The smallest absolute Gasteiger partial charge is 0.358 e. The number of nitrogens with zero attached hydrogens (tertiary/aromatic N) is 7. The van der Waals surface area contributed by atoms with Gasteiger partial charge in [-0.3, -0.25) is 4.57 Å². The molecule has 2 aliphatic rings. The third kappa shape index (κ3) is 3.83. The molecule has 27 heavy (non-hydrogen) atoms. The van der Waals surface area contributed by atoms with E-state index in [1.54, 1.807) is 10.8 Å². The summed E-state index contributed by atoms with van der Waals surface area (Å²) in [6.45, 7) is 5.37. The number of carbonyl (C=O) groups is 1. The van der Waals surface area contributed by atoms with Gasteiger partial charge in [0.05, 0.1) is 33.5 Å². The summed E-state index contributed by atoms with van der Waals surface area (Å²) in [5.74, 6) is 1.05. The number of ether oxygens (including phenoxy) is 3. The van der Waals surface area contributed by atoms with E-state index < -0.39 is 5.97 Å². The average molecular weight is 375 g/mol. The van der Waals surface area contributed by atoms with Crippen LogP contribution in [0.2, 0.25) is 0 Å². The molecule has 2 saturated heterocycles. The van der Waals surface area contributed by atoms with Crippen LogP contribution < -0.4 is 9.80 Å². The fourth-order valence-electron chi connectivity index (χ4n) is 2.91. The molecule has 0 radical (unpaired) electrons.